The van der Waals surface area contributed by atoms with Crippen molar-refractivity contribution >= 4 is 5.78 Å². The Morgan fingerprint density at radius 3 is 1.79 bits per heavy atom. The molecule has 1 nitrogen and oxygen atoms in total. The smallest absolute Gasteiger partial charge is 0.133 e. The first-order chi connectivity index (χ1) is 6.10. The molecule has 0 aliphatic rings. The van der Waals surface area contributed by atoms with Crippen molar-refractivity contribution in [1.82, 2.24) is 0 Å². The van der Waals surface area contributed by atoms with Crippen LogP contribution in [0.3, 0.4) is 0 Å². The zero-order chi connectivity index (χ0) is 11.6. The van der Waals surface area contributed by atoms with Gasteiger partial charge >= 0.3 is 0 Å². The fourth-order valence-corrected chi connectivity index (χ4v) is 1.76. The number of ketones is 1. The third-order valence-corrected chi connectivity index (χ3v) is 3.25. The van der Waals surface area contributed by atoms with E-state index in [1.54, 1.807) is 6.92 Å². The SMILES string of the molecule is CCC(C)(C)CC(C(C)=O)C(C)(C)C. The zero-order valence-corrected chi connectivity index (χ0v) is 10.9. The number of hydrogen-bond donors (Lipinski definition) is 0. The molecular weight excluding hydrogens is 172 g/mol. The molecular formula is C13H26O. The summed E-state index contributed by atoms with van der Waals surface area (Å²) in [5.74, 6) is 0.525. The summed E-state index contributed by atoms with van der Waals surface area (Å²) < 4.78 is 0. The normalized spacial score (nSPS) is 15.4. The molecule has 84 valence electrons. The molecule has 0 saturated heterocycles. The van der Waals surface area contributed by atoms with Crippen LogP contribution in [0.25, 0.3) is 0 Å². The molecule has 0 aliphatic carbocycles. The van der Waals surface area contributed by atoms with E-state index in [4.69, 9.17) is 0 Å². The van der Waals surface area contributed by atoms with Gasteiger partial charge < -0.3 is 0 Å². The Morgan fingerprint density at radius 1 is 1.14 bits per heavy atom. The second-order valence-corrected chi connectivity index (χ2v) is 6.25. The van der Waals surface area contributed by atoms with E-state index in [2.05, 4.69) is 41.5 Å². The van der Waals surface area contributed by atoms with Gasteiger partial charge in [0.15, 0.2) is 0 Å². The van der Waals surface area contributed by atoms with Crippen LogP contribution >= 0.6 is 0 Å². The Balaban J connectivity index is 4.64. The summed E-state index contributed by atoms with van der Waals surface area (Å²) in [5, 5.41) is 0. The molecule has 0 N–H and O–H groups in total. The van der Waals surface area contributed by atoms with Crippen molar-refractivity contribution < 1.29 is 4.79 Å². The minimum Gasteiger partial charge on any atom is -0.300 e. The molecule has 0 aromatic carbocycles. The number of carbonyl (C=O) groups excluding carboxylic acids is 1. The van der Waals surface area contributed by atoms with Crippen LogP contribution in [0.4, 0.5) is 0 Å². The summed E-state index contributed by atoms with van der Waals surface area (Å²) in [6.45, 7) is 14.9. The predicted molar refractivity (Wildman–Crippen MR) is 62.3 cm³/mol. The van der Waals surface area contributed by atoms with Crippen molar-refractivity contribution in [3.8, 4) is 0 Å². The van der Waals surface area contributed by atoms with Crippen LogP contribution in [0.2, 0.25) is 0 Å². The van der Waals surface area contributed by atoms with Crippen molar-refractivity contribution in [2.45, 2.75) is 61.3 Å². The highest BCUT2D eigenvalue weighted by Crippen LogP contribution is 2.38. The van der Waals surface area contributed by atoms with E-state index in [9.17, 15) is 4.79 Å². The first-order valence-electron chi connectivity index (χ1n) is 5.60. The van der Waals surface area contributed by atoms with Gasteiger partial charge in [-0.15, -0.1) is 0 Å². The third kappa shape index (κ3) is 4.26. The van der Waals surface area contributed by atoms with Crippen molar-refractivity contribution in [2.24, 2.45) is 16.7 Å². The Bertz CT molecular complexity index is 196. The molecule has 0 spiro atoms. The monoisotopic (exact) mass is 198 g/mol. The van der Waals surface area contributed by atoms with Gasteiger partial charge in [0.05, 0.1) is 0 Å². The first kappa shape index (κ1) is 13.7. The van der Waals surface area contributed by atoms with E-state index in [0.29, 0.717) is 5.78 Å². The Labute approximate surface area is 89.3 Å². The van der Waals surface area contributed by atoms with Crippen LogP contribution in [0.1, 0.15) is 61.3 Å². The van der Waals surface area contributed by atoms with Gasteiger partial charge in [-0.05, 0) is 24.2 Å². The number of hydrogen-bond acceptors (Lipinski definition) is 1. The molecule has 1 heteroatoms. The Hall–Kier alpha value is -0.330. The Kier molecular flexibility index (Phi) is 4.35. The lowest BCUT2D eigenvalue weighted by molar-refractivity contribution is -0.125. The molecule has 1 unspecified atom stereocenters. The van der Waals surface area contributed by atoms with Crippen molar-refractivity contribution in [3.05, 3.63) is 0 Å². The quantitative estimate of drug-likeness (QED) is 0.665. The van der Waals surface area contributed by atoms with E-state index >= 15 is 0 Å². The summed E-state index contributed by atoms with van der Waals surface area (Å²) >= 11 is 0. The second-order valence-electron chi connectivity index (χ2n) is 6.25. The van der Waals surface area contributed by atoms with E-state index < -0.39 is 0 Å². The molecule has 0 heterocycles. The van der Waals surface area contributed by atoms with Gasteiger partial charge in [0, 0.05) is 5.92 Å². The maximum Gasteiger partial charge on any atom is 0.133 e. The van der Waals surface area contributed by atoms with Gasteiger partial charge in [0.1, 0.15) is 5.78 Å². The van der Waals surface area contributed by atoms with Crippen LogP contribution in [-0.2, 0) is 4.79 Å². The average Bonchev–Trinajstić information content (AvgIpc) is 1.98. The number of carbonyl (C=O) groups is 1. The van der Waals surface area contributed by atoms with Gasteiger partial charge in [0.25, 0.3) is 0 Å². The summed E-state index contributed by atoms with van der Waals surface area (Å²) in [7, 11) is 0. The summed E-state index contributed by atoms with van der Waals surface area (Å²) in [5.41, 5.74) is 0.377. The van der Waals surface area contributed by atoms with Gasteiger partial charge in [-0.1, -0.05) is 48.0 Å². The summed E-state index contributed by atoms with van der Waals surface area (Å²) in [6.07, 6.45) is 2.13. The van der Waals surface area contributed by atoms with Crippen LogP contribution in [0.5, 0.6) is 0 Å². The van der Waals surface area contributed by atoms with Gasteiger partial charge in [-0.2, -0.15) is 0 Å². The maximum atomic E-state index is 11.6. The molecule has 1 atom stereocenters. The van der Waals surface area contributed by atoms with Crippen LogP contribution in [0.15, 0.2) is 0 Å². The second kappa shape index (κ2) is 4.46. The minimum atomic E-state index is 0.0955. The van der Waals surface area contributed by atoms with Gasteiger partial charge in [-0.3, -0.25) is 4.79 Å². The lowest BCUT2D eigenvalue weighted by atomic mass is 9.69. The minimum absolute atomic E-state index is 0.0955. The summed E-state index contributed by atoms with van der Waals surface area (Å²) in [6, 6.07) is 0. The molecule has 0 aromatic rings. The van der Waals surface area contributed by atoms with E-state index in [1.807, 2.05) is 0 Å². The van der Waals surface area contributed by atoms with Crippen LogP contribution < -0.4 is 0 Å². The number of Topliss-reactive ketones (excluding diaryl/α,β-unsaturated/α-hetero) is 1. The molecule has 0 aromatic heterocycles. The molecule has 0 fully saturated rings. The topological polar surface area (TPSA) is 17.1 Å². The standard InChI is InChI=1S/C13H26O/c1-8-13(6,7)9-11(10(2)14)12(3,4)5/h11H,8-9H2,1-7H3. The van der Waals surface area contributed by atoms with Crippen molar-refractivity contribution in [2.75, 3.05) is 0 Å². The van der Waals surface area contributed by atoms with Gasteiger partial charge in [0.2, 0.25) is 0 Å². The molecule has 0 amide bonds. The lowest BCUT2D eigenvalue weighted by Gasteiger charge is -2.35. The van der Waals surface area contributed by atoms with Crippen LogP contribution in [0, 0.1) is 16.7 Å². The highest BCUT2D eigenvalue weighted by Gasteiger charge is 2.33. The molecule has 14 heavy (non-hydrogen) atoms. The van der Waals surface area contributed by atoms with E-state index in [-0.39, 0.29) is 16.7 Å². The third-order valence-electron chi connectivity index (χ3n) is 3.25. The van der Waals surface area contributed by atoms with Crippen LogP contribution in [-0.4, -0.2) is 5.78 Å². The van der Waals surface area contributed by atoms with Gasteiger partial charge in [-0.25, -0.2) is 0 Å². The van der Waals surface area contributed by atoms with Crippen molar-refractivity contribution in [3.63, 3.8) is 0 Å². The summed E-state index contributed by atoms with van der Waals surface area (Å²) in [4.78, 5) is 11.6. The molecule has 0 aliphatic heterocycles. The molecule has 0 radical (unpaired) electrons. The van der Waals surface area contributed by atoms with E-state index in [1.165, 1.54) is 0 Å². The highest BCUT2D eigenvalue weighted by molar-refractivity contribution is 5.79. The molecule has 0 saturated carbocycles. The highest BCUT2D eigenvalue weighted by atomic mass is 16.1. The van der Waals surface area contributed by atoms with E-state index in [0.717, 1.165) is 12.8 Å². The zero-order valence-electron chi connectivity index (χ0n) is 10.9. The largest absolute Gasteiger partial charge is 0.300 e. The predicted octanol–water partition coefficient (Wildman–Crippen LogP) is 4.06. The average molecular weight is 198 g/mol. The molecule has 0 bridgehead atoms. The number of rotatable bonds is 4. The fraction of sp³-hybridized carbons (Fsp3) is 0.923. The Morgan fingerprint density at radius 2 is 1.57 bits per heavy atom. The fourth-order valence-electron chi connectivity index (χ4n) is 1.76. The molecule has 0 rings (SSSR count). The first-order valence-corrected chi connectivity index (χ1v) is 5.60. The van der Waals surface area contributed by atoms with Crippen molar-refractivity contribution in [1.29, 1.82) is 0 Å². The lowest BCUT2D eigenvalue weighted by Crippen LogP contribution is -2.31. The maximum absolute atomic E-state index is 11.6.